The third-order valence-electron chi connectivity index (χ3n) is 4.81. The van der Waals surface area contributed by atoms with Crippen molar-refractivity contribution in [2.75, 3.05) is 13.1 Å². The van der Waals surface area contributed by atoms with E-state index >= 15 is 0 Å². The van der Waals surface area contributed by atoms with Crippen molar-refractivity contribution in [3.63, 3.8) is 0 Å². The first kappa shape index (κ1) is 16.2. The lowest BCUT2D eigenvalue weighted by molar-refractivity contribution is -0.135. The number of hydrogen-bond donors (Lipinski definition) is 1. The van der Waals surface area contributed by atoms with Crippen LogP contribution in [0.3, 0.4) is 0 Å². The first-order valence-corrected chi connectivity index (χ1v) is 8.72. The molecule has 1 N–H and O–H groups in total. The number of aromatic nitrogens is 1. The molecule has 1 saturated carbocycles. The number of rotatable bonds is 3. The van der Waals surface area contributed by atoms with Crippen LogP contribution in [0.4, 0.5) is 0 Å². The van der Waals surface area contributed by atoms with E-state index in [0.29, 0.717) is 17.1 Å². The molecule has 5 nitrogen and oxygen atoms in total. The molecule has 1 aliphatic carbocycles. The van der Waals surface area contributed by atoms with E-state index in [1.165, 1.54) is 12.6 Å². The molecule has 1 saturated heterocycles. The fourth-order valence-electron chi connectivity index (χ4n) is 3.51. The third kappa shape index (κ3) is 3.83. The van der Waals surface area contributed by atoms with Crippen LogP contribution in [-0.2, 0) is 4.79 Å². The fraction of sp³-hybridized carbons (Fsp3) is 0.588. The summed E-state index contributed by atoms with van der Waals surface area (Å²) in [5.41, 5.74) is 0.429. The van der Waals surface area contributed by atoms with E-state index in [1.807, 2.05) is 4.90 Å². The molecule has 0 radical (unpaired) electrons. The Kier molecular flexibility index (Phi) is 5.16. The zero-order chi connectivity index (χ0) is 16.2. The summed E-state index contributed by atoms with van der Waals surface area (Å²) >= 11 is 6.00. The molecular formula is C17H22ClN3O2. The lowest BCUT2D eigenvalue weighted by Gasteiger charge is -2.26. The fourth-order valence-corrected chi connectivity index (χ4v) is 3.71. The molecule has 6 heteroatoms. The maximum atomic E-state index is 12.5. The quantitative estimate of drug-likeness (QED) is 0.923. The lowest BCUT2D eigenvalue weighted by atomic mass is 9.88. The SMILES string of the molecule is O=C(N[C@@H]1CCN(C(=O)C2CCCCC2)C1)c1ccncc1Cl. The number of carbonyl (C=O) groups excluding carboxylic acids is 2. The van der Waals surface area contributed by atoms with Gasteiger partial charge in [-0.2, -0.15) is 0 Å². The largest absolute Gasteiger partial charge is 0.347 e. The van der Waals surface area contributed by atoms with Gasteiger partial charge in [-0.3, -0.25) is 14.6 Å². The molecule has 0 aromatic carbocycles. The molecule has 2 amide bonds. The Morgan fingerprint density at radius 3 is 2.74 bits per heavy atom. The highest BCUT2D eigenvalue weighted by Gasteiger charge is 2.32. The average Bonchev–Trinajstić information content (AvgIpc) is 3.03. The van der Waals surface area contributed by atoms with Gasteiger partial charge in [0.05, 0.1) is 10.6 Å². The second-order valence-corrected chi connectivity index (χ2v) is 6.84. The van der Waals surface area contributed by atoms with Crippen LogP contribution in [-0.4, -0.2) is 40.8 Å². The van der Waals surface area contributed by atoms with Crippen molar-refractivity contribution < 1.29 is 9.59 Å². The second kappa shape index (κ2) is 7.30. The Labute approximate surface area is 141 Å². The molecule has 0 unspecified atom stereocenters. The molecule has 1 atom stereocenters. The van der Waals surface area contributed by atoms with Gasteiger partial charge in [-0.1, -0.05) is 30.9 Å². The minimum absolute atomic E-state index is 0.000674. The predicted octanol–water partition coefficient (Wildman–Crippen LogP) is 2.65. The van der Waals surface area contributed by atoms with Crippen molar-refractivity contribution in [1.82, 2.24) is 15.2 Å². The molecule has 3 rings (SSSR count). The summed E-state index contributed by atoms with van der Waals surface area (Å²) in [6, 6.07) is 1.61. The van der Waals surface area contributed by atoms with E-state index in [2.05, 4.69) is 10.3 Å². The van der Waals surface area contributed by atoms with Crippen molar-refractivity contribution in [3.05, 3.63) is 29.0 Å². The molecule has 23 heavy (non-hydrogen) atoms. The van der Waals surface area contributed by atoms with Crippen molar-refractivity contribution in [2.24, 2.45) is 5.92 Å². The monoisotopic (exact) mass is 335 g/mol. The average molecular weight is 336 g/mol. The number of halogens is 1. The highest BCUT2D eigenvalue weighted by Crippen LogP contribution is 2.27. The van der Waals surface area contributed by atoms with Gasteiger partial charge in [-0.25, -0.2) is 0 Å². The zero-order valence-corrected chi connectivity index (χ0v) is 13.9. The maximum Gasteiger partial charge on any atom is 0.253 e. The highest BCUT2D eigenvalue weighted by molar-refractivity contribution is 6.33. The predicted molar refractivity (Wildman–Crippen MR) is 88.3 cm³/mol. The number of nitrogens with one attached hydrogen (secondary N) is 1. The number of nitrogens with zero attached hydrogens (tertiary/aromatic N) is 2. The van der Waals surface area contributed by atoms with Crippen LogP contribution in [0.5, 0.6) is 0 Å². The van der Waals surface area contributed by atoms with E-state index in [0.717, 1.165) is 38.6 Å². The van der Waals surface area contributed by atoms with Gasteiger partial charge in [-0.15, -0.1) is 0 Å². The van der Waals surface area contributed by atoms with Gasteiger partial charge < -0.3 is 10.2 Å². The molecule has 124 valence electrons. The van der Waals surface area contributed by atoms with Crippen molar-refractivity contribution in [2.45, 2.75) is 44.6 Å². The summed E-state index contributed by atoms with van der Waals surface area (Å²) in [5, 5.41) is 3.32. The Bertz CT molecular complexity index is 587. The van der Waals surface area contributed by atoms with Crippen molar-refractivity contribution in [1.29, 1.82) is 0 Å². The van der Waals surface area contributed by atoms with Crippen molar-refractivity contribution >= 4 is 23.4 Å². The summed E-state index contributed by atoms with van der Waals surface area (Å²) < 4.78 is 0. The van der Waals surface area contributed by atoms with Gasteiger partial charge in [0.2, 0.25) is 5.91 Å². The van der Waals surface area contributed by atoms with Crippen LogP contribution in [0.25, 0.3) is 0 Å². The third-order valence-corrected chi connectivity index (χ3v) is 5.11. The standard InChI is InChI=1S/C17H22ClN3O2/c18-15-10-19-8-6-14(15)16(22)20-13-7-9-21(11-13)17(23)12-4-2-1-3-5-12/h6,8,10,12-13H,1-5,7,9,11H2,(H,20,22)/t13-/m1/s1. The van der Waals surface area contributed by atoms with Gasteiger partial charge in [-0.05, 0) is 25.3 Å². The number of carbonyl (C=O) groups is 2. The first-order chi connectivity index (χ1) is 11.1. The summed E-state index contributed by atoms with van der Waals surface area (Å²) in [5.74, 6) is 0.255. The topological polar surface area (TPSA) is 62.3 Å². The van der Waals surface area contributed by atoms with E-state index in [1.54, 1.807) is 12.3 Å². The molecule has 0 bridgehead atoms. The van der Waals surface area contributed by atoms with Gasteiger partial charge >= 0.3 is 0 Å². The van der Waals surface area contributed by atoms with Gasteiger partial charge in [0.25, 0.3) is 5.91 Å². The molecule has 1 aromatic heterocycles. The minimum atomic E-state index is -0.200. The Balaban J connectivity index is 1.54. The van der Waals surface area contributed by atoms with E-state index in [9.17, 15) is 9.59 Å². The molecular weight excluding hydrogens is 314 g/mol. The Morgan fingerprint density at radius 1 is 1.22 bits per heavy atom. The van der Waals surface area contributed by atoms with E-state index in [-0.39, 0.29) is 23.8 Å². The second-order valence-electron chi connectivity index (χ2n) is 6.43. The van der Waals surface area contributed by atoms with Gasteiger partial charge in [0.1, 0.15) is 0 Å². The number of pyridine rings is 1. The molecule has 1 aromatic rings. The molecule has 0 spiro atoms. The van der Waals surface area contributed by atoms with Crippen LogP contribution < -0.4 is 5.32 Å². The van der Waals surface area contributed by atoms with Crippen LogP contribution in [0.15, 0.2) is 18.5 Å². The molecule has 1 aliphatic heterocycles. The summed E-state index contributed by atoms with van der Waals surface area (Å²) in [4.78, 5) is 30.6. The Morgan fingerprint density at radius 2 is 2.00 bits per heavy atom. The van der Waals surface area contributed by atoms with Crippen molar-refractivity contribution in [3.8, 4) is 0 Å². The minimum Gasteiger partial charge on any atom is -0.347 e. The first-order valence-electron chi connectivity index (χ1n) is 8.34. The van der Waals surface area contributed by atoms with E-state index < -0.39 is 0 Å². The molecule has 2 heterocycles. The molecule has 2 fully saturated rings. The van der Waals surface area contributed by atoms with Crippen LogP contribution in [0.1, 0.15) is 48.9 Å². The van der Waals surface area contributed by atoms with Crippen LogP contribution in [0.2, 0.25) is 5.02 Å². The highest BCUT2D eigenvalue weighted by atomic mass is 35.5. The van der Waals surface area contributed by atoms with Crippen LogP contribution in [0, 0.1) is 5.92 Å². The lowest BCUT2D eigenvalue weighted by Crippen LogP contribution is -2.40. The number of amides is 2. The zero-order valence-electron chi connectivity index (χ0n) is 13.1. The number of hydrogen-bond acceptors (Lipinski definition) is 3. The maximum absolute atomic E-state index is 12.5. The summed E-state index contributed by atoms with van der Waals surface area (Å²) in [6.07, 6.45) is 9.40. The van der Waals surface area contributed by atoms with Gasteiger partial charge in [0.15, 0.2) is 0 Å². The Hall–Kier alpha value is -1.62. The van der Waals surface area contributed by atoms with E-state index in [4.69, 9.17) is 11.6 Å². The smallest absolute Gasteiger partial charge is 0.253 e. The van der Waals surface area contributed by atoms with Crippen LogP contribution >= 0.6 is 11.6 Å². The summed E-state index contributed by atoms with van der Waals surface area (Å²) in [6.45, 7) is 1.33. The normalized spacial score (nSPS) is 22.1. The van der Waals surface area contributed by atoms with Gasteiger partial charge in [0, 0.05) is 37.4 Å². The number of likely N-dealkylation sites (tertiary alicyclic amines) is 1. The molecule has 2 aliphatic rings. The summed E-state index contributed by atoms with van der Waals surface area (Å²) in [7, 11) is 0.